The van der Waals surface area contributed by atoms with Crippen LogP contribution in [-0.4, -0.2) is 50.2 Å². The largest absolute Gasteiger partial charge is 0.318 e. The molecule has 0 aliphatic heterocycles. The molecule has 0 saturated heterocycles. The SMILES string of the molecule is CNCCN(C)S(=O)(=O)c1cccc2nonc12. The third kappa shape index (κ3) is 2.22. The molecule has 0 atom stereocenters. The predicted octanol–water partition coefficient (Wildman–Crippen LogP) is 0.0627. The molecule has 2 rings (SSSR count). The molecule has 1 aromatic heterocycles. The van der Waals surface area contributed by atoms with Gasteiger partial charge < -0.3 is 5.32 Å². The number of likely N-dealkylation sites (N-methyl/N-ethyl adjacent to an activating group) is 2. The molecule has 0 unspecified atom stereocenters. The van der Waals surface area contributed by atoms with Crippen LogP contribution in [-0.2, 0) is 10.0 Å². The monoisotopic (exact) mass is 270 g/mol. The summed E-state index contributed by atoms with van der Waals surface area (Å²) in [7, 11) is -0.283. The normalized spacial score (nSPS) is 12.4. The Morgan fingerprint density at radius 3 is 2.89 bits per heavy atom. The maximum absolute atomic E-state index is 12.3. The van der Waals surface area contributed by atoms with Crippen molar-refractivity contribution in [1.82, 2.24) is 19.9 Å². The number of rotatable bonds is 5. The van der Waals surface area contributed by atoms with Crippen molar-refractivity contribution in [2.75, 3.05) is 27.2 Å². The molecule has 18 heavy (non-hydrogen) atoms. The van der Waals surface area contributed by atoms with E-state index in [0.29, 0.717) is 18.6 Å². The second-order valence-electron chi connectivity index (χ2n) is 3.82. The predicted molar refractivity (Wildman–Crippen MR) is 65.5 cm³/mol. The third-order valence-electron chi connectivity index (χ3n) is 2.61. The first-order chi connectivity index (χ1) is 8.57. The molecule has 0 amide bonds. The van der Waals surface area contributed by atoms with E-state index < -0.39 is 10.0 Å². The van der Waals surface area contributed by atoms with Gasteiger partial charge in [0.05, 0.1) is 0 Å². The van der Waals surface area contributed by atoms with E-state index in [-0.39, 0.29) is 10.4 Å². The highest BCUT2D eigenvalue weighted by atomic mass is 32.2. The summed E-state index contributed by atoms with van der Waals surface area (Å²) in [6, 6.07) is 4.77. The van der Waals surface area contributed by atoms with Gasteiger partial charge >= 0.3 is 0 Å². The van der Waals surface area contributed by atoms with Crippen LogP contribution in [0.1, 0.15) is 0 Å². The lowest BCUT2D eigenvalue weighted by Crippen LogP contribution is -2.32. The summed E-state index contributed by atoms with van der Waals surface area (Å²) in [6.07, 6.45) is 0. The Bertz CT molecular complexity index is 637. The van der Waals surface area contributed by atoms with E-state index in [1.807, 2.05) is 0 Å². The Hall–Kier alpha value is -1.51. The highest BCUT2D eigenvalue weighted by Gasteiger charge is 2.24. The zero-order chi connectivity index (χ0) is 13.2. The van der Waals surface area contributed by atoms with E-state index >= 15 is 0 Å². The average molecular weight is 270 g/mol. The number of aromatic nitrogens is 2. The van der Waals surface area contributed by atoms with E-state index in [1.165, 1.54) is 17.4 Å². The molecule has 0 fully saturated rings. The molecule has 98 valence electrons. The summed E-state index contributed by atoms with van der Waals surface area (Å²) >= 11 is 0. The van der Waals surface area contributed by atoms with E-state index in [2.05, 4.69) is 20.3 Å². The molecule has 1 aromatic carbocycles. The van der Waals surface area contributed by atoms with Crippen molar-refractivity contribution >= 4 is 21.1 Å². The molecule has 0 aliphatic carbocycles. The maximum atomic E-state index is 12.3. The first-order valence-corrected chi connectivity index (χ1v) is 6.83. The van der Waals surface area contributed by atoms with Gasteiger partial charge in [0.15, 0.2) is 5.52 Å². The standard InChI is InChI=1S/C10H14N4O3S/c1-11-6-7-14(2)18(15,16)9-5-3-4-8-10(9)13-17-12-8/h3-5,11H,6-7H2,1-2H3. The van der Waals surface area contributed by atoms with Gasteiger partial charge in [0.2, 0.25) is 10.0 Å². The van der Waals surface area contributed by atoms with Gasteiger partial charge in [-0.2, -0.15) is 4.31 Å². The molecule has 0 spiro atoms. The average Bonchev–Trinajstić information content (AvgIpc) is 2.83. The van der Waals surface area contributed by atoms with E-state index in [9.17, 15) is 8.42 Å². The van der Waals surface area contributed by atoms with Crippen molar-refractivity contribution in [1.29, 1.82) is 0 Å². The molecular weight excluding hydrogens is 256 g/mol. The molecule has 1 heterocycles. The Morgan fingerprint density at radius 1 is 1.39 bits per heavy atom. The quantitative estimate of drug-likeness (QED) is 0.826. The number of hydrogen-bond donors (Lipinski definition) is 1. The molecule has 7 nitrogen and oxygen atoms in total. The number of sulfonamides is 1. The van der Waals surface area contributed by atoms with Gasteiger partial charge in [-0.3, -0.25) is 0 Å². The van der Waals surface area contributed by atoms with Gasteiger partial charge in [0.1, 0.15) is 10.4 Å². The summed E-state index contributed by atoms with van der Waals surface area (Å²) in [4.78, 5) is 0.111. The molecule has 2 aromatic rings. The lowest BCUT2D eigenvalue weighted by Gasteiger charge is -2.16. The first-order valence-electron chi connectivity index (χ1n) is 5.39. The van der Waals surface area contributed by atoms with Crippen LogP contribution in [0.4, 0.5) is 0 Å². The minimum absolute atomic E-state index is 0.111. The van der Waals surface area contributed by atoms with Crippen LogP contribution in [0.5, 0.6) is 0 Å². The van der Waals surface area contributed by atoms with E-state index in [0.717, 1.165) is 0 Å². The van der Waals surface area contributed by atoms with E-state index in [4.69, 9.17) is 0 Å². The smallest absolute Gasteiger partial charge is 0.245 e. The Labute approximate surface area is 105 Å². The van der Waals surface area contributed by atoms with Gasteiger partial charge in [-0.15, -0.1) is 0 Å². The van der Waals surface area contributed by atoms with Crippen molar-refractivity contribution < 1.29 is 13.0 Å². The Kier molecular flexibility index (Phi) is 3.60. The molecule has 8 heteroatoms. The van der Waals surface area contributed by atoms with Gasteiger partial charge in [0.25, 0.3) is 0 Å². The minimum atomic E-state index is -3.58. The van der Waals surface area contributed by atoms with Crippen LogP contribution in [0, 0.1) is 0 Å². The van der Waals surface area contributed by atoms with Gasteiger partial charge in [-0.1, -0.05) is 6.07 Å². The van der Waals surface area contributed by atoms with Gasteiger partial charge in [0, 0.05) is 20.1 Å². The first kappa shape index (κ1) is 12.9. The molecule has 1 N–H and O–H groups in total. The highest BCUT2D eigenvalue weighted by Crippen LogP contribution is 2.22. The van der Waals surface area contributed by atoms with Crippen LogP contribution < -0.4 is 5.32 Å². The van der Waals surface area contributed by atoms with Crippen LogP contribution in [0.25, 0.3) is 11.0 Å². The summed E-state index contributed by atoms with van der Waals surface area (Å²) < 4.78 is 30.5. The third-order valence-corrected chi connectivity index (χ3v) is 4.50. The van der Waals surface area contributed by atoms with Crippen LogP contribution in [0.15, 0.2) is 27.7 Å². The van der Waals surface area contributed by atoms with Gasteiger partial charge in [-0.05, 0) is 29.5 Å². The summed E-state index contributed by atoms with van der Waals surface area (Å²) in [5.41, 5.74) is 0.687. The Balaban J connectivity index is 2.43. The highest BCUT2D eigenvalue weighted by molar-refractivity contribution is 7.89. The van der Waals surface area contributed by atoms with Crippen LogP contribution in [0.3, 0.4) is 0 Å². The van der Waals surface area contributed by atoms with Crippen LogP contribution in [0.2, 0.25) is 0 Å². The molecule has 0 bridgehead atoms. The fourth-order valence-corrected chi connectivity index (χ4v) is 2.85. The van der Waals surface area contributed by atoms with E-state index in [1.54, 1.807) is 19.2 Å². The summed E-state index contributed by atoms with van der Waals surface area (Å²) in [5.74, 6) is 0. The number of nitrogens with one attached hydrogen (secondary N) is 1. The zero-order valence-corrected chi connectivity index (χ0v) is 10.9. The lowest BCUT2D eigenvalue weighted by molar-refractivity contribution is 0.315. The second-order valence-corrected chi connectivity index (χ2v) is 5.83. The van der Waals surface area contributed by atoms with Crippen molar-refractivity contribution in [3.63, 3.8) is 0 Å². The van der Waals surface area contributed by atoms with Crippen molar-refractivity contribution in [3.05, 3.63) is 18.2 Å². The topological polar surface area (TPSA) is 88.3 Å². The summed E-state index contributed by atoms with van der Waals surface area (Å²) in [5, 5.41) is 10.2. The number of nitrogens with zero attached hydrogens (tertiary/aromatic N) is 3. The fourth-order valence-electron chi connectivity index (χ4n) is 1.55. The molecule has 0 saturated carbocycles. The molecule has 0 radical (unpaired) electrons. The van der Waals surface area contributed by atoms with Crippen molar-refractivity contribution in [2.24, 2.45) is 0 Å². The number of fused-ring (bicyclic) bond motifs is 1. The second kappa shape index (κ2) is 5.01. The van der Waals surface area contributed by atoms with Crippen molar-refractivity contribution in [3.8, 4) is 0 Å². The minimum Gasteiger partial charge on any atom is -0.318 e. The maximum Gasteiger partial charge on any atom is 0.245 e. The number of benzene rings is 1. The Morgan fingerprint density at radius 2 is 2.17 bits per heavy atom. The zero-order valence-electron chi connectivity index (χ0n) is 10.1. The fraction of sp³-hybridized carbons (Fsp3) is 0.400. The van der Waals surface area contributed by atoms with Crippen LogP contribution >= 0.6 is 0 Å². The van der Waals surface area contributed by atoms with Crippen molar-refractivity contribution in [2.45, 2.75) is 4.90 Å². The van der Waals surface area contributed by atoms with Gasteiger partial charge in [-0.25, -0.2) is 13.0 Å². The molecular formula is C10H14N4O3S. The molecule has 0 aliphatic rings. The summed E-state index contributed by atoms with van der Waals surface area (Å²) in [6.45, 7) is 0.948. The lowest BCUT2D eigenvalue weighted by atomic mass is 10.3. The number of hydrogen-bond acceptors (Lipinski definition) is 6.